The third kappa shape index (κ3) is 4.50. The van der Waals surface area contributed by atoms with Crippen LogP contribution in [0.3, 0.4) is 0 Å². The van der Waals surface area contributed by atoms with Gasteiger partial charge in [-0.3, -0.25) is 0 Å². The first-order valence-electron chi connectivity index (χ1n) is 6.68. The molecule has 0 bridgehead atoms. The third-order valence-corrected chi connectivity index (χ3v) is 2.70. The van der Waals surface area contributed by atoms with Gasteiger partial charge < -0.3 is 10.1 Å². The molecule has 0 aliphatic carbocycles. The molecular formula is C15H21N3O. The summed E-state index contributed by atoms with van der Waals surface area (Å²) in [6, 6.07) is 12.1. The van der Waals surface area contributed by atoms with E-state index in [1.54, 1.807) is 0 Å². The fraction of sp³-hybridized carbons (Fsp3) is 0.400. The SMILES string of the molecule is CC(C)OCCNCc1ccn(-c2ccccc2)n1. The monoisotopic (exact) mass is 259 g/mol. The van der Waals surface area contributed by atoms with Crippen molar-refractivity contribution in [2.45, 2.75) is 26.5 Å². The summed E-state index contributed by atoms with van der Waals surface area (Å²) in [6.45, 7) is 6.43. The lowest BCUT2D eigenvalue weighted by atomic mass is 10.3. The third-order valence-electron chi connectivity index (χ3n) is 2.70. The summed E-state index contributed by atoms with van der Waals surface area (Å²) >= 11 is 0. The average molecular weight is 259 g/mol. The van der Waals surface area contributed by atoms with Crippen molar-refractivity contribution < 1.29 is 4.74 Å². The minimum atomic E-state index is 0.291. The number of para-hydroxylation sites is 1. The molecule has 0 atom stereocenters. The summed E-state index contributed by atoms with van der Waals surface area (Å²) in [6.07, 6.45) is 2.27. The van der Waals surface area contributed by atoms with Gasteiger partial charge in [-0.2, -0.15) is 5.10 Å². The lowest BCUT2D eigenvalue weighted by Crippen LogP contribution is -2.21. The Morgan fingerprint density at radius 2 is 2.00 bits per heavy atom. The van der Waals surface area contributed by atoms with E-state index in [-0.39, 0.29) is 0 Å². The fourth-order valence-electron chi connectivity index (χ4n) is 1.76. The Labute approximate surface area is 114 Å². The Hall–Kier alpha value is -1.65. The highest BCUT2D eigenvalue weighted by Crippen LogP contribution is 2.06. The highest BCUT2D eigenvalue weighted by molar-refractivity contribution is 5.30. The zero-order chi connectivity index (χ0) is 13.5. The van der Waals surface area contributed by atoms with E-state index in [2.05, 4.69) is 10.4 Å². The van der Waals surface area contributed by atoms with Crippen molar-refractivity contribution in [3.8, 4) is 5.69 Å². The molecule has 1 aromatic carbocycles. The Balaban J connectivity index is 1.78. The molecule has 0 saturated heterocycles. The summed E-state index contributed by atoms with van der Waals surface area (Å²) in [5.41, 5.74) is 2.12. The standard InChI is InChI=1S/C15H21N3O/c1-13(2)19-11-9-16-12-14-8-10-18(17-14)15-6-4-3-5-7-15/h3-8,10,13,16H,9,11-12H2,1-2H3. The van der Waals surface area contributed by atoms with Crippen LogP contribution in [0.25, 0.3) is 5.69 Å². The van der Waals surface area contributed by atoms with Gasteiger partial charge in [-0.15, -0.1) is 0 Å². The van der Waals surface area contributed by atoms with Crippen LogP contribution in [0.15, 0.2) is 42.6 Å². The number of rotatable bonds is 7. The first-order valence-corrected chi connectivity index (χ1v) is 6.68. The van der Waals surface area contributed by atoms with Gasteiger partial charge in [0.25, 0.3) is 0 Å². The Bertz CT molecular complexity index is 479. The normalized spacial score (nSPS) is 11.1. The summed E-state index contributed by atoms with van der Waals surface area (Å²) in [4.78, 5) is 0. The molecule has 0 unspecified atom stereocenters. The van der Waals surface area contributed by atoms with Crippen LogP contribution in [0.4, 0.5) is 0 Å². The number of ether oxygens (including phenoxy) is 1. The number of hydrogen-bond donors (Lipinski definition) is 1. The van der Waals surface area contributed by atoms with Crippen LogP contribution in [0, 0.1) is 0 Å². The first-order chi connectivity index (χ1) is 9.25. The lowest BCUT2D eigenvalue weighted by Gasteiger charge is -2.07. The Morgan fingerprint density at radius 1 is 1.21 bits per heavy atom. The highest BCUT2D eigenvalue weighted by atomic mass is 16.5. The van der Waals surface area contributed by atoms with Crippen LogP contribution in [0.5, 0.6) is 0 Å². The van der Waals surface area contributed by atoms with E-state index in [0.29, 0.717) is 6.10 Å². The van der Waals surface area contributed by atoms with Crippen molar-refractivity contribution in [1.29, 1.82) is 0 Å². The van der Waals surface area contributed by atoms with Gasteiger partial charge in [0.15, 0.2) is 0 Å². The lowest BCUT2D eigenvalue weighted by molar-refractivity contribution is 0.0806. The molecule has 1 aromatic heterocycles. The molecule has 0 amide bonds. The second-order valence-corrected chi connectivity index (χ2v) is 4.68. The van der Waals surface area contributed by atoms with Gasteiger partial charge in [-0.25, -0.2) is 4.68 Å². The van der Waals surface area contributed by atoms with E-state index in [1.165, 1.54) is 0 Å². The van der Waals surface area contributed by atoms with E-state index >= 15 is 0 Å². The number of nitrogens with zero attached hydrogens (tertiary/aromatic N) is 2. The second kappa shape index (κ2) is 7.07. The predicted molar refractivity (Wildman–Crippen MR) is 76.4 cm³/mol. The second-order valence-electron chi connectivity index (χ2n) is 4.68. The van der Waals surface area contributed by atoms with Gasteiger partial charge >= 0.3 is 0 Å². The number of hydrogen-bond acceptors (Lipinski definition) is 3. The maximum Gasteiger partial charge on any atom is 0.0766 e. The Morgan fingerprint density at radius 3 is 2.74 bits per heavy atom. The molecule has 1 N–H and O–H groups in total. The van der Waals surface area contributed by atoms with Crippen LogP contribution < -0.4 is 5.32 Å². The molecule has 4 nitrogen and oxygen atoms in total. The average Bonchev–Trinajstić information content (AvgIpc) is 2.88. The van der Waals surface area contributed by atoms with Crippen molar-refractivity contribution in [2.75, 3.05) is 13.2 Å². The first kappa shape index (κ1) is 13.8. The summed E-state index contributed by atoms with van der Waals surface area (Å²) < 4.78 is 7.36. The van der Waals surface area contributed by atoms with Gasteiger partial charge in [0.2, 0.25) is 0 Å². The molecule has 0 aliphatic rings. The van der Waals surface area contributed by atoms with Crippen molar-refractivity contribution >= 4 is 0 Å². The minimum absolute atomic E-state index is 0.291. The van der Waals surface area contributed by atoms with Crippen LogP contribution in [-0.4, -0.2) is 29.0 Å². The van der Waals surface area contributed by atoms with E-state index in [9.17, 15) is 0 Å². The molecule has 0 aliphatic heterocycles. The van der Waals surface area contributed by atoms with Crippen molar-refractivity contribution in [3.05, 3.63) is 48.3 Å². The van der Waals surface area contributed by atoms with Gasteiger partial charge in [-0.1, -0.05) is 18.2 Å². The van der Waals surface area contributed by atoms with E-state index in [4.69, 9.17) is 4.74 Å². The molecule has 2 rings (SSSR count). The molecule has 19 heavy (non-hydrogen) atoms. The van der Waals surface area contributed by atoms with E-state index < -0.39 is 0 Å². The molecular weight excluding hydrogens is 238 g/mol. The van der Waals surface area contributed by atoms with Gasteiger partial charge in [-0.05, 0) is 32.0 Å². The molecule has 4 heteroatoms. The van der Waals surface area contributed by atoms with Crippen molar-refractivity contribution in [3.63, 3.8) is 0 Å². The number of aromatic nitrogens is 2. The van der Waals surface area contributed by atoms with Gasteiger partial charge in [0, 0.05) is 19.3 Å². The van der Waals surface area contributed by atoms with Gasteiger partial charge in [0.05, 0.1) is 24.1 Å². The maximum atomic E-state index is 5.47. The van der Waals surface area contributed by atoms with E-state index in [1.807, 2.05) is 61.1 Å². The summed E-state index contributed by atoms with van der Waals surface area (Å²) in [7, 11) is 0. The zero-order valence-corrected chi connectivity index (χ0v) is 11.5. The smallest absolute Gasteiger partial charge is 0.0766 e. The maximum absolute atomic E-state index is 5.47. The zero-order valence-electron chi connectivity index (χ0n) is 11.5. The molecule has 0 radical (unpaired) electrons. The fourth-order valence-corrected chi connectivity index (χ4v) is 1.76. The van der Waals surface area contributed by atoms with E-state index in [0.717, 1.165) is 31.1 Å². The molecule has 0 saturated carbocycles. The number of benzene rings is 1. The van der Waals surface area contributed by atoms with Crippen LogP contribution in [0.1, 0.15) is 19.5 Å². The molecule has 2 aromatic rings. The largest absolute Gasteiger partial charge is 0.377 e. The van der Waals surface area contributed by atoms with Crippen LogP contribution in [0.2, 0.25) is 0 Å². The van der Waals surface area contributed by atoms with Crippen LogP contribution >= 0.6 is 0 Å². The summed E-state index contributed by atoms with van der Waals surface area (Å²) in [5.74, 6) is 0. The van der Waals surface area contributed by atoms with Crippen molar-refractivity contribution in [1.82, 2.24) is 15.1 Å². The minimum Gasteiger partial charge on any atom is -0.377 e. The molecule has 0 fully saturated rings. The Kier molecular flexibility index (Phi) is 5.12. The number of nitrogens with one attached hydrogen (secondary N) is 1. The topological polar surface area (TPSA) is 39.1 Å². The van der Waals surface area contributed by atoms with Crippen molar-refractivity contribution in [2.24, 2.45) is 0 Å². The quantitative estimate of drug-likeness (QED) is 0.776. The highest BCUT2D eigenvalue weighted by Gasteiger charge is 2.00. The molecule has 102 valence electrons. The predicted octanol–water partition coefficient (Wildman–Crippen LogP) is 2.39. The van der Waals surface area contributed by atoms with Gasteiger partial charge in [0.1, 0.15) is 0 Å². The van der Waals surface area contributed by atoms with Crippen LogP contribution in [-0.2, 0) is 11.3 Å². The molecule has 1 heterocycles. The molecule has 0 spiro atoms. The summed E-state index contributed by atoms with van der Waals surface area (Å²) in [5, 5.41) is 7.85.